The molecule has 1 atom stereocenters. The Labute approximate surface area is 96.7 Å². The summed E-state index contributed by atoms with van der Waals surface area (Å²) in [4.78, 5) is 6.98. The second-order valence-electron chi connectivity index (χ2n) is 5.00. The zero-order chi connectivity index (χ0) is 10.8. The van der Waals surface area contributed by atoms with Crippen molar-refractivity contribution in [3.63, 3.8) is 0 Å². The molecule has 0 amide bonds. The summed E-state index contributed by atoms with van der Waals surface area (Å²) >= 11 is 0. The van der Waals surface area contributed by atoms with Gasteiger partial charge in [-0.3, -0.25) is 0 Å². The maximum atomic E-state index is 4.37. The first-order chi connectivity index (χ1) is 7.92. The van der Waals surface area contributed by atoms with Gasteiger partial charge in [0, 0.05) is 37.9 Å². The summed E-state index contributed by atoms with van der Waals surface area (Å²) in [6.07, 6.45) is 6.79. The van der Waals surface area contributed by atoms with Crippen LogP contribution in [0.25, 0.3) is 0 Å². The smallest absolute Gasteiger partial charge is 0.122 e. The molecule has 0 radical (unpaired) electrons. The zero-order valence-electron chi connectivity index (χ0n) is 9.73. The summed E-state index contributed by atoms with van der Waals surface area (Å²) < 4.78 is 2.31. The molecule has 0 bridgehead atoms. The van der Waals surface area contributed by atoms with Crippen molar-refractivity contribution in [3.8, 4) is 0 Å². The first-order valence-electron chi connectivity index (χ1n) is 6.35. The lowest BCUT2D eigenvalue weighted by Gasteiger charge is -2.22. The fraction of sp³-hybridized carbons (Fsp3) is 0.750. The van der Waals surface area contributed by atoms with Crippen molar-refractivity contribution in [2.75, 3.05) is 26.2 Å². The molecule has 16 heavy (non-hydrogen) atoms. The van der Waals surface area contributed by atoms with Gasteiger partial charge in [-0.25, -0.2) is 4.98 Å². The van der Waals surface area contributed by atoms with Crippen molar-refractivity contribution >= 4 is 0 Å². The van der Waals surface area contributed by atoms with Gasteiger partial charge < -0.3 is 14.8 Å². The fourth-order valence-corrected chi connectivity index (χ4v) is 2.86. The molecular weight excluding hydrogens is 200 g/mol. The minimum Gasteiger partial charge on any atom is -0.333 e. The third-order valence-electron chi connectivity index (χ3n) is 3.69. The summed E-state index contributed by atoms with van der Waals surface area (Å²) in [7, 11) is 0. The van der Waals surface area contributed by atoms with E-state index < -0.39 is 0 Å². The molecule has 0 unspecified atom stereocenters. The number of imidazole rings is 1. The van der Waals surface area contributed by atoms with Crippen LogP contribution in [0.1, 0.15) is 18.7 Å². The molecule has 88 valence electrons. The van der Waals surface area contributed by atoms with Crippen molar-refractivity contribution in [2.45, 2.75) is 25.9 Å². The molecule has 0 spiro atoms. The molecule has 0 saturated carbocycles. The van der Waals surface area contributed by atoms with Gasteiger partial charge >= 0.3 is 0 Å². The molecule has 3 rings (SSSR count). The van der Waals surface area contributed by atoms with E-state index in [0.29, 0.717) is 0 Å². The van der Waals surface area contributed by atoms with Crippen LogP contribution in [0, 0.1) is 5.92 Å². The number of hydrogen-bond acceptors (Lipinski definition) is 3. The van der Waals surface area contributed by atoms with Gasteiger partial charge in [0.25, 0.3) is 0 Å². The topological polar surface area (TPSA) is 33.1 Å². The fourth-order valence-electron chi connectivity index (χ4n) is 2.86. The molecule has 4 heteroatoms. The van der Waals surface area contributed by atoms with Crippen LogP contribution in [0.3, 0.4) is 0 Å². The second kappa shape index (κ2) is 4.55. The van der Waals surface area contributed by atoms with Crippen molar-refractivity contribution in [1.82, 2.24) is 19.8 Å². The molecule has 4 nitrogen and oxygen atoms in total. The largest absolute Gasteiger partial charge is 0.333 e. The average Bonchev–Trinajstić information content (AvgIpc) is 2.88. The van der Waals surface area contributed by atoms with Crippen LogP contribution in [0.2, 0.25) is 0 Å². The number of rotatable bonds is 2. The molecular formula is C12H20N4. The molecule has 2 aliphatic heterocycles. The van der Waals surface area contributed by atoms with Crippen molar-refractivity contribution in [2.24, 2.45) is 5.92 Å². The highest BCUT2D eigenvalue weighted by molar-refractivity contribution is 4.95. The van der Waals surface area contributed by atoms with Crippen molar-refractivity contribution in [3.05, 3.63) is 18.2 Å². The summed E-state index contributed by atoms with van der Waals surface area (Å²) in [6.45, 7) is 7.01. The number of likely N-dealkylation sites (tertiary alicyclic amines) is 1. The molecule has 0 aliphatic carbocycles. The summed E-state index contributed by atoms with van der Waals surface area (Å²) in [5, 5.41) is 3.50. The highest BCUT2D eigenvalue weighted by Gasteiger charge is 2.20. The summed E-state index contributed by atoms with van der Waals surface area (Å²) in [5.41, 5.74) is 0. The van der Waals surface area contributed by atoms with Gasteiger partial charge in [0.1, 0.15) is 5.82 Å². The highest BCUT2D eigenvalue weighted by Crippen LogP contribution is 2.14. The number of nitrogens with one attached hydrogen (secondary N) is 1. The van der Waals surface area contributed by atoms with Gasteiger partial charge in [0.05, 0.1) is 6.54 Å². The molecule has 3 heterocycles. The average molecular weight is 220 g/mol. The Morgan fingerprint density at radius 1 is 1.38 bits per heavy atom. The number of aromatic nitrogens is 2. The van der Waals surface area contributed by atoms with Crippen LogP contribution in [-0.2, 0) is 13.1 Å². The van der Waals surface area contributed by atoms with E-state index in [9.17, 15) is 0 Å². The van der Waals surface area contributed by atoms with Crippen molar-refractivity contribution < 1.29 is 0 Å². The van der Waals surface area contributed by atoms with E-state index in [1.54, 1.807) is 0 Å². The van der Waals surface area contributed by atoms with E-state index in [1.807, 2.05) is 6.20 Å². The Kier molecular flexibility index (Phi) is 2.93. The van der Waals surface area contributed by atoms with Crippen LogP contribution in [0.4, 0.5) is 0 Å². The Morgan fingerprint density at radius 2 is 2.25 bits per heavy atom. The van der Waals surface area contributed by atoms with Crippen LogP contribution >= 0.6 is 0 Å². The maximum Gasteiger partial charge on any atom is 0.122 e. The SMILES string of the molecule is c1cn2c(n1)CNC[C@H](CN1CCCC1)C2. The van der Waals surface area contributed by atoms with E-state index in [4.69, 9.17) is 0 Å². The predicted molar refractivity (Wildman–Crippen MR) is 63.1 cm³/mol. The van der Waals surface area contributed by atoms with E-state index in [1.165, 1.54) is 38.3 Å². The maximum absolute atomic E-state index is 4.37. The quantitative estimate of drug-likeness (QED) is 0.796. The lowest BCUT2D eigenvalue weighted by atomic mass is 10.1. The first kappa shape index (κ1) is 10.3. The molecule has 1 fully saturated rings. The van der Waals surface area contributed by atoms with Crippen LogP contribution in [0.15, 0.2) is 12.4 Å². The normalized spacial score (nSPS) is 26.6. The number of hydrogen-bond donors (Lipinski definition) is 1. The number of fused-ring (bicyclic) bond motifs is 1. The van der Waals surface area contributed by atoms with Gasteiger partial charge in [-0.05, 0) is 25.9 Å². The Balaban J connectivity index is 1.63. The lowest BCUT2D eigenvalue weighted by molar-refractivity contribution is 0.260. The number of nitrogens with zero attached hydrogens (tertiary/aromatic N) is 3. The van der Waals surface area contributed by atoms with Gasteiger partial charge in [0.15, 0.2) is 0 Å². The predicted octanol–water partition coefficient (Wildman–Crippen LogP) is 0.698. The molecule has 1 aromatic heterocycles. The van der Waals surface area contributed by atoms with E-state index in [-0.39, 0.29) is 0 Å². The van der Waals surface area contributed by atoms with E-state index in [2.05, 4.69) is 26.0 Å². The minimum absolute atomic E-state index is 0.730. The Bertz CT molecular complexity index is 341. The van der Waals surface area contributed by atoms with Crippen LogP contribution in [-0.4, -0.2) is 40.6 Å². The Hall–Kier alpha value is -0.870. The van der Waals surface area contributed by atoms with E-state index >= 15 is 0 Å². The van der Waals surface area contributed by atoms with E-state index in [0.717, 1.165) is 25.6 Å². The molecule has 1 N–H and O–H groups in total. The lowest BCUT2D eigenvalue weighted by Crippen LogP contribution is -2.33. The molecule has 1 saturated heterocycles. The second-order valence-corrected chi connectivity index (χ2v) is 5.00. The first-order valence-corrected chi connectivity index (χ1v) is 6.35. The van der Waals surface area contributed by atoms with Gasteiger partial charge in [-0.1, -0.05) is 0 Å². The zero-order valence-corrected chi connectivity index (χ0v) is 9.73. The molecule has 0 aromatic carbocycles. The molecule has 2 aliphatic rings. The summed E-state index contributed by atoms with van der Waals surface area (Å²) in [5.74, 6) is 1.91. The van der Waals surface area contributed by atoms with Crippen LogP contribution in [0.5, 0.6) is 0 Å². The van der Waals surface area contributed by atoms with Gasteiger partial charge in [-0.2, -0.15) is 0 Å². The van der Waals surface area contributed by atoms with Crippen LogP contribution < -0.4 is 5.32 Å². The Morgan fingerprint density at radius 3 is 3.12 bits per heavy atom. The summed E-state index contributed by atoms with van der Waals surface area (Å²) in [6, 6.07) is 0. The third kappa shape index (κ3) is 2.13. The monoisotopic (exact) mass is 220 g/mol. The molecule has 1 aromatic rings. The standard InChI is InChI=1S/C12H20N4/c1-2-5-15(4-1)9-11-7-13-8-12-14-3-6-16(12)10-11/h3,6,11,13H,1-2,4-5,7-10H2/t11-/m1/s1. The van der Waals surface area contributed by atoms with Crippen molar-refractivity contribution in [1.29, 1.82) is 0 Å². The van der Waals surface area contributed by atoms with Gasteiger partial charge in [0.2, 0.25) is 0 Å². The van der Waals surface area contributed by atoms with Gasteiger partial charge in [-0.15, -0.1) is 0 Å². The minimum atomic E-state index is 0.730. The third-order valence-corrected chi connectivity index (χ3v) is 3.69. The highest BCUT2D eigenvalue weighted by atomic mass is 15.2.